The van der Waals surface area contributed by atoms with Gasteiger partial charge in [0.2, 0.25) is 5.91 Å². The van der Waals surface area contributed by atoms with Crippen LogP contribution in [0.4, 0.5) is 0 Å². The Bertz CT molecular complexity index is 625. The van der Waals surface area contributed by atoms with Crippen molar-refractivity contribution < 1.29 is 9.53 Å². The maximum atomic E-state index is 12.8. The highest BCUT2D eigenvalue weighted by Gasteiger charge is 2.19. The zero-order chi connectivity index (χ0) is 16.7. The maximum Gasteiger partial charge on any atom is 0.227 e. The maximum absolute atomic E-state index is 12.8. The van der Waals surface area contributed by atoms with Gasteiger partial charge in [0, 0.05) is 12.6 Å². The highest BCUT2D eigenvalue weighted by Crippen LogP contribution is 2.16. The number of benzene rings is 2. The molecular weight excluding hydrogens is 286 g/mol. The topological polar surface area (TPSA) is 29.5 Å². The Balaban J connectivity index is 2.13. The first-order valence-corrected chi connectivity index (χ1v) is 8.10. The zero-order valence-electron chi connectivity index (χ0n) is 14.2. The van der Waals surface area contributed by atoms with Gasteiger partial charge >= 0.3 is 0 Å². The fourth-order valence-corrected chi connectivity index (χ4v) is 2.55. The average Bonchev–Trinajstić information content (AvgIpc) is 2.60. The van der Waals surface area contributed by atoms with E-state index in [0.29, 0.717) is 13.0 Å². The van der Waals surface area contributed by atoms with Crippen molar-refractivity contribution in [3.63, 3.8) is 0 Å². The molecule has 0 radical (unpaired) electrons. The molecule has 122 valence electrons. The molecule has 1 amide bonds. The first-order valence-electron chi connectivity index (χ1n) is 8.10. The molecule has 0 aromatic heterocycles. The second-order valence-corrected chi connectivity index (χ2v) is 5.79. The van der Waals surface area contributed by atoms with Crippen molar-refractivity contribution in [3.8, 4) is 5.75 Å². The van der Waals surface area contributed by atoms with Gasteiger partial charge in [-0.05, 0) is 36.6 Å². The van der Waals surface area contributed by atoms with E-state index in [1.807, 2.05) is 47.4 Å². The Hall–Kier alpha value is -2.29. The van der Waals surface area contributed by atoms with Crippen LogP contribution in [0.2, 0.25) is 0 Å². The molecule has 23 heavy (non-hydrogen) atoms. The predicted molar refractivity (Wildman–Crippen MR) is 93.4 cm³/mol. The minimum absolute atomic E-state index is 0.149. The van der Waals surface area contributed by atoms with Crippen molar-refractivity contribution in [2.75, 3.05) is 7.11 Å². The summed E-state index contributed by atoms with van der Waals surface area (Å²) in [6.45, 7) is 4.87. The third-order valence-electron chi connectivity index (χ3n) is 4.13. The number of nitrogens with zero attached hydrogens (tertiary/aromatic N) is 1. The molecular formula is C20H25NO2. The van der Waals surface area contributed by atoms with E-state index in [1.165, 1.54) is 0 Å². The van der Waals surface area contributed by atoms with Crippen LogP contribution in [0.15, 0.2) is 54.6 Å². The van der Waals surface area contributed by atoms with Crippen molar-refractivity contribution in [3.05, 3.63) is 65.7 Å². The number of rotatable bonds is 7. The van der Waals surface area contributed by atoms with Gasteiger partial charge < -0.3 is 9.64 Å². The Kier molecular flexibility index (Phi) is 6.21. The Morgan fingerprint density at radius 2 is 1.78 bits per heavy atom. The third kappa shape index (κ3) is 4.85. The molecule has 0 fully saturated rings. The van der Waals surface area contributed by atoms with Gasteiger partial charge in [-0.25, -0.2) is 0 Å². The van der Waals surface area contributed by atoms with Gasteiger partial charge in [-0.15, -0.1) is 0 Å². The van der Waals surface area contributed by atoms with Gasteiger partial charge in [-0.1, -0.05) is 49.4 Å². The van der Waals surface area contributed by atoms with Crippen molar-refractivity contribution in [1.29, 1.82) is 0 Å². The van der Waals surface area contributed by atoms with Crippen LogP contribution in [0.3, 0.4) is 0 Å². The van der Waals surface area contributed by atoms with E-state index >= 15 is 0 Å². The fourth-order valence-electron chi connectivity index (χ4n) is 2.55. The molecule has 0 aliphatic carbocycles. The van der Waals surface area contributed by atoms with E-state index in [2.05, 4.69) is 26.0 Å². The largest absolute Gasteiger partial charge is 0.497 e. The highest BCUT2D eigenvalue weighted by atomic mass is 16.5. The van der Waals surface area contributed by atoms with Crippen molar-refractivity contribution in [2.45, 2.75) is 39.3 Å². The van der Waals surface area contributed by atoms with E-state index in [1.54, 1.807) is 7.11 Å². The van der Waals surface area contributed by atoms with Crippen molar-refractivity contribution >= 4 is 5.91 Å². The Morgan fingerprint density at radius 1 is 1.09 bits per heavy atom. The number of ether oxygens (including phenoxy) is 1. The molecule has 0 heterocycles. The van der Waals surface area contributed by atoms with Crippen molar-refractivity contribution in [1.82, 2.24) is 4.90 Å². The van der Waals surface area contributed by atoms with E-state index in [-0.39, 0.29) is 11.9 Å². The minimum Gasteiger partial charge on any atom is -0.497 e. The number of amides is 1. The molecule has 3 heteroatoms. The lowest BCUT2D eigenvalue weighted by Crippen LogP contribution is -2.38. The summed E-state index contributed by atoms with van der Waals surface area (Å²) < 4.78 is 5.24. The molecule has 0 bridgehead atoms. The second-order valence-electron chi connectivity index (χ2n) is 5.79. The van der Waals surface area contributed by atoms with Crippen LogP contribution in [-0.2, 0) is 17.8 Å². The smallest absolute Gasteiger partial charge is 0.227 e. The molecule has 1 atom stereocenters. The van der Waals surface area contributed by atoms with Crippen LogP contribution in [-0.4, -0.2) is 24.0 Å². The van der Waals surface area contributed by atoms with Gasteiger partial charge in [-0.3, -0.25) is 4.79 Å². The lowest BCUT2D eigenvalue weighted by atomic mass is 10.1. The normalized spacial score (nSPS) is 11.8. The number of hydrogen-bond donors (Lipinski definition) is 0. The van der Waals surface area contributed by atoms with Gasteiger partial charge in [-0.2, -0.15) is 0 Å². The molecule has 0 spiro atoms. The molecule has 0 saturated heterocycles. The Labute approximate surface area is 138 Å². The van der Waals surface area contributed by atoms with E-state index in [9.17, 15) is 4.79 Å². The van der Waals surface area contributed by atoms with Crippen LogP contribution in [0.25, 0.3) is 0 Å². The molecule has 2 rings (SSSR count). The molecule has 0 N–H and O–H groups in total. The number of methoxy groups -OCH3 is 1. The fraction of sp³-hybridized carbons (Fsp3) is 0.350. The summed E-state index contributed by atoms with van der Waals surface area (Å²) in [5.41, 5.74) is 2.14. The lowest BCUT2D eigenvalue weighted by molar-refractivity contribution is -0.133. The standard InChI is InChI=1S/C20H25NO2/c1-4-16(2)21(15-17-9-6-5-7-10-17)20(22)14-18-11-8-12-19(13-18)23-3/h5-13,16H,4,14-15H2,1-3H3. The third-order valence-corrected chi connectivity index (χ3v) is 4.13. The quantitative estimate of drug-likeness (QED) is 0.771. The molecule has 0 aliphatic heterocycles. The monoisotopic (exact) mass is 311 g/mol. The summed E-state index contributed by atoms with van der Waals surface area (Å²) in [5, 5.41) is 0. The van der Waals surface area contributed by atoms with Gasteiger partial charge in [0.05, 0.1) is 13.5 Å². The Morgan fingerprint density at radius 3 is 2.43 bits per heavy atom. The van der Waals surface area contributed by atoms with Crippen LogP contribution >= 0.6 is 0 Å². The SMILES string of the molecule is CCC(C)N(Cc1ccccc1)C(=O)Cc1cccc(OC)c1. The highest BCUT2D eigenvalue weighted by molar-refractivity contribution is 5.79. The van der Waals surface area contributed by atoms with Crippen LogP contribution in [0, 0.1) is 0 Å². The average molecular weight is 311 g/mol. The molecule has 3 nitrogen and oxygen atoms in total. The molecule has 1 unspecified atom stereocenters. The van der Waals surface area contributed by atoms with Crippen LogP contribution in [0.5, 0.6) is 5.75 Å². The second kappa shape index (κ2) is 8.37. The lowest BCUT2D eigenvalue weighted by Gasteiger charge is -2.29. The summed E-state index contributed by atoms with van der Waals surface area (Å²) in [4.78, 5) is 14.8. The van der Waals surface area contributed by atoms with E-state index < -0.39 is 0 Å². The van der Waals surface area contributed by atoms with Crippen LogP contribution < -0.4 is 4.74 Å². The first kappa shape index (κ1) is 17.1. The van der Waals surface area contributed by atoms with Crippen LogP contribution in [0.1, 0.15) is 31.4 Å². The molecule has 2 aromatic carbocycles. The predicted octanol–water partition coefficient (Wildman–Crippen LogP) is 4.07. The summed E-state index contributed by atoms with van der Waals surface area (Å²) >= 11 is 0. The van der Waals surface area contributed by atoms with E-state index in [0.717, 1.165) is 23.3 Å². The summed E-state index contributed by atoms with van der Waals surface area (Å²) in [6.07, 6.45) is 1.34. The summed E-state index contributed by atoms with van der Waals surface area (Å²) in [6, 6.07) is 18.1. The van der Waals surface area contributed by atoms with Gasteiger partial charge in [0.15, 0.2) is 0 Å². The summed E-state index contributed by atoms with van der Waals surface area (Å²) in [7, 11) is 1.64. The first-order chi connectivity index (χ1) is 11.1. The molecule has 0 aliphatic rings. The van der Waals surface area contributed by atoms with Gasteiger partial charge in [0.25, 0.3) is 0 Å². The molecule has 2 aromatic rings. The minimum atomic E-state index is 0.149. The van der Waals surface area contributed by atoms with E-state index in [4.69, 9.17) is 4.74 Å². The number of carbonyl (C=O) groups excluding carboxylic acids is 1. The zero-order valence-corrected chi connectivity index (χ0v) is 14.2. The molecule has 0 saturated carbocycles. The van der Waals surface area contributed by atoms with Crippen molar-refractivity contribution in [2.24, 2.45) is 0 Å². The number of carbonyl (C=O) groups is 1. The number of hydrogen-bond acceptors (Lipinski definition) is 2. The summed E-state index contributed by atoms with van der Waals surface area (Å²) in [5.74, 6) is 0.935. The van der Waals surface area contributed by atoms with Gasteiger partial charge in [0.1, 0.15) is 5.75 Å².